The quantitative estimate of drug-likeness (QED) is 0.578. The normalized spacial score (nSPS) is 33.1. The molecule has 1 saturated heterocycles. The van der Waals surface area contributed by atoms with Gasteiger partial charge in [-0.15, -0.1) is 0 Å². The summed E-state index contributed by atoms with van der Waals surface area (Å²) in [5, 5.41) is 0.865. The number of imide groups is 1. The first-order chi connectivity index (χ1) is 8.58. The van der Waals surface area contributed by atoms with Crippen LogP contribution in [0.25, 0.3) is 0 Å². The Labute approximate surface area is 117 Å². The third-order valence-corrected chi connectivity index (χ3v) is 5.24. The highest BCUT2D eigenvalue weighted by atomic mass is 79.9. The molecule has 4 heteroatoms. The van der Waals surface area contributed by atoms with E-state index in [9.17, 15) is 9.59 Å². The van der Waals surface area contributed by atoms with E-state index in [0.717, 1.165) is 31.0 Å². The number of halogens is 1. The lowest BCUT2D eigenvalue weighted by Gasteiger charge is -2.22. The van der Waals surface area contributed by atoms with Gasteiger partial charge >= 0.3 is 0 Å². The average Bonchev–Trinajstić information content (AvgIpc) is 2.82. The van der Waals surface area contributed by atoms with E-state index in [4.69, 9.17) is 0 Å². The lowest BCUT2D eigenvalue weighted by molar-refractivity contribution is -0.141. The zero-order valence-electron chi connectivity index (χ0n) is 11.2. The summed E-state index contributed by atoms with van der Waals surface area (Å²) >= 11 is 3.49. The molecular weight excluding hydrogens is 294 g/mol. The maximum atomic E-state index is 12.3. The fourth-order valence-electron chi connectivity index (χ4n) is 3.41. The molecule has 1 saturated carbocycles. The molecule has 0 spiro atoms. The maximum Gasteiger partial charge on any atom is 0.233 e. The van der Waals surface area contributed by atoms with Crippen LogP contribution in [0.4, 0.5) is 0 Å². The van der Waals surface area contributed by atoms with Crippen molar-refractivity contribution in [2.45, 2.75) is 39.5 Å². The first-order valence-electron chi connectivity index (χ1n) is 6.99. The topological polar surface area (TPSA) is 37.4 Å². The van der Waals surface area contributed by atoms with E-state index in [2.05, 4.69) is 29.8 Å². The monoisotopic (exact) mass is 315 g/mol. The Morgan fingerprint density at radius 1 is 1.28 bits per heavy atom. The van der Waals surface area contributed by atoms with Gasteiger partial charge in [-0.05, 0) is 31.1 Å². The summed E-state index contributed by atoms with van der Waals surface area (Å²) in [5.41, 5.74) is 0. The van der Waals surface area contributed by atoms with E-state index in [1.54, 1.807) is 4.90 Å². The standard InChI is InChI=1S/C14H22BrNO2/c1-3-4-10(7-15)8-16-13(17)11-5-9(2)6-12(11)14(16)18/h9-12H,3-8H2,1-2H3. The van der Waals surface area contributed by atoms with Gasteiger partial charge in [0.25, 0.3) is 0 Å². The summed E-state index contributed by atoms with van der Waals surface area (Å²) in [6, 6.07) is 0. The Hall–Kier alpha value is -0.380. The third-order valence-electron chi connectivity index (χ3n) is 4.32. The lowest BCUT2D eigenvalue weighted by Crippen LogP contribution is -2.37. The van der Waals surface area contributed by atoms with Crippen molar-refractivity contribution in [2.24, 2.45) is 23.7 Å². The van der Waals surface area contributed by atoms with Crippen LogP contribution in [0.2, 0.25) is 0 Å². The van der Waals surface area contributed by atoms with Crippen molar-refractivity contribution in [3.63, 3.8) is 0 Å². The number of hydrogen-bond acceptors (Lipinski definition) is 2. The molecule has 18 heavy (non-hydrogen) atoms. The van der Waals surface area contributed by atoms with Gasteiger partial charge in [-0.2, -0.15) is 0 Å². The summed E-state index contributed by atoms with van der Waals surface area (Å²) in [5.74, 6) is 1.10. The van der Waals surface area contributed by atoms with Crippen molar-refractivity contribution >= 4 is 27.7 Å². The Bertz CT molecular complexity index is 321. The highest BCUT2D eigenvalue weighted by molar-refractivity contribution is 9.09. The summed E-state index contributed by atoms with van der Waals surface area (Å²) in [6.45, 7) is 4.89. The Balaban J connectivity index is 2.03. The number of likely N-dealkylation sites (tertiary alicyclic amines) is 1. The summed E-state index contributed by atoms with van der Waals surface area (Å²) in [4.78, 5) is 26.1. The largest absolute Gasteiger partial charge is 0.282 e. The lowest BCUT2D eigenvalue weighted by atomic mass is 10.00. The minimum atomic E-state index is -0.00916. The smallest absolute Gasteiger partial charge is 0.233 e. The van der Waals surface area contributed by atoms with E-state index in [0.29, 0.717) is 18.4 Å². The van der Waals surface area contributed by atoms with Crippen LogP contribution in [0.1, 0.15) is 39.5 Å². The van der Waals surface area contributed by atoms with Gasteiger partial charge in [0.2, 0.25) is 11.8 Å². The number of carbonyl (C=O) groups excluding carboxylic acids is 2. The zero-order chi connectivity index (χ0) is 13.3. The molecular formula is C14H22BrNO2. The molecule has 2 amide bonds. The van der Waals surface area contributed by atoms with Gasteiger partial charge in [0.15, 0.2) is 0 Å². The number of rotatable bonds is 5. The summed E-state index contributed by atoms with van der Waals surface area (Å²) < 4.78 is 0. The number of carbonyl (C=O) groups is 2. The molecule has 0 bridgehead atoms. The molecule has 1 aliphatic carbocycles. The Morgan fingerprint density at radius 2 is 1.83 bits per heavy atom. The Morgan fingerprint density at radius 3 is 2.28 bits per heavy atom. The molecule has 102 valence electrons. The predicted molar refractivity (Wildman–Crippen MR) is 74.3 cm³/mol. The number of amides is 2. The predicted octanol–water partition coefficient (Wildman–Crippen LogP) is 2.83. The van der Waals surface area contributed by atoms with Gasteiger partial charge in [0.1, 0.15) is 0 Å². The van der Waals surface area contributed by atoms with Gasteiger partial charge in [-0.1, -0.05) is 36.2 Å². The summed E-state index contributed by atoms with van der Waals surface area (Å²) in [6.07, 6.45) is 3.96. The number of hydrogen-bond donors (Lipinski definition) is 0. The molecule has 0 aromatic rings. The van der Waals surface area contributed by atoms with Crippen molar-refractivity contribution < 1.29 is 9.59 Å². The molecule has 2 aliphatic rings. The Kier molecular flexibility index (Phi) is 4.46. The zero-order valence-corrected chi connectivity index (χ0v) is 12.8. The van der Waals surface area contributed by atoms with Gasteiger partial charge < -0.3 is 0 Å². The molecule has 3 nitrogen and oxygen atoms in total. The van der Waals surface area contributed by atoms with E-state index >= 15 is 0 Å². The average molecular weight is 316 g/mol. The minimum Gasteiger partial charge on any atom is -0.282 e. The van der Waals surface area contributed by atoms with Crippen LogP contribution in [0.3, 0.4) is 0 Å². The summed E-state index contributed by atoms with van der Waals surface area (Å²) in [7, 11) is 0. The first kappa shape index (κ1) is 14.0. The second-order valence-electron chi connectivity index (χ2n) is 5.89. The maximum absolute atomic E-state index is 12.3. The second-order valence-corrected chi connectivity index (χ2v) is 6.53. The van der Waals surface area contributed by atoms with Gasteiger partial charge in [0, 0.05) is 11.9 Å². The van der Waals surface area contributed by atoms with Crippen LogP contribution in [0.5, 0.6) is 0 Å². The third kappa shape index (κ3) is 2.49. The van der Waals surface area contributed by atoms with Crippen molar-refractivity contribution in [1.29, 1.82) is 0 Å². The molecule has 0 N–H and O–H groups in total. The highest BCUT2D eigenvalue weighted by Crippen LogP contribution is 2.43. The van der Waals surface area contributed by atoms with Crippen molar-refractivity contribution in [1.82, 2.24) is 4.90 Å². The van der Waals surface area contributed by atoms with Gasteiger partial charge in [-0.25, -0.2) is 0 Å². The second kappa shape index (κ2) is 5.72. The van der Waals surface area contributed by atoms with Gasteiger partial charge in [-0.3, -0.25) is 14.5 Å². The van der Waals surface area contributed by atoms with Crippen molar-refractivity contribution in [3.05, 3.63) is 0 Å². The van der Waals surface area contributed by atoms with Crippen LogP contribution in [-0.4, -0.2) is 28.6 Å². The minimum absolute atomic E-state index is 0.00916. The molecule has 2 fully saturated rings. The molecule has 3 atom stereocenters. The molecule has 0 radical (unpaired) electrons. The molecule has 1 heterocycles. The van der Waals surface area contributed by atoms with E-state index in [1.165, 1.54) is 0 Å². The number of fused-ring (bicyclic) bond motifs is 1. The molecule has 0 aromatic carbocycles. The van der Waals surface area contributed by atoms with Crippen molar-refractivity contribution in [3.8, 4) is 0 Å². The van der Waals surface area contributed by atoms with Crippen LogP contribution in [0, 0.1) is 23.7 Å². The fourth-order valence-corrected chi connectivity index (χ4v) is 3.94. The van der Waals surface area contributed by atoms with E-state index in [-0.39, 0.29) is 23.7 Å². The SMILES string of the molecule is CCCC(CBr)CN1C(=O)C2CC(C)CC2C1=O. The van der Waals surface area contributed by atoms with Gasteiger partial charge in [0.05, 0.1) is 11.8 Å². The number of nitrogens with zero attached hydrogens (tertiary/aromatic N) is 1. The van der Waals surface area contributed by atoms with Crippen LogP contribution >= 0.6 is 15.9 Å². The van der Waals surface area contributed by atoms with Crippen LogP contribution in [-0.2, 0) is 9.59 Å². The molecule has 2 rings (SSSR count). The molecule has 0 aromatic heterocycles. The molecule has 1 aliphatic heterocycles. The highest BCUT2D eigenvalue weighted by Gasteiger charge is 2.51. The fraction of sp³-hybridized carbons (Fsp3) is 0.857. The van der Waals surface area contributed by atoms with E-state index < -0.39 is 0 Å². The first-order valence-corrected chi connectivity index (χ1v) is 8.11. The number of alkyl halides is 1. The van der Waals surface area contributed by atoms with Crippen molar-refractivity contribution in [2.75, 3.05) is 11.9 Å². The van der Waals surface area contributed by atoms with E-state index in [1.807, 2.05) is 0 Å². The van der Waals surface area contributed by atoms with Crippen LogP contribution < -0.4 is 0 Å². The van der Waals surface area contributed by atoms with Crippen LogP contribution in [0.15, 0.2) is 0 Å². The molecule has 3 unspecified atom stereocenters.